The van der Waals surface area contributed by atoms with Crippen molar-refractivity contribution in [2.24, 2.45) is 0 Å². The zero-order valence-corrected chi connectivity index (χ0v) is 17.4. The molecule has 2 N–H and O–H groups in total. The fraction of sp³-hybridized carbons (Fsp3) is 0.0870. The number of H-pyrrole nitrogens is 1. The fourth-order valence-electron chi connectivity index (χ4n) is 3.14. The van der Waals surface area contributed by atoms with Crippen molar-refractivity contribution >= 4 is 39.4 Å². The Kier molecular flexibility index (Phi) is 5.17. The average Bonchev–Trinajstić information content (AvgIpc) is 3.13. The lowest BCUT2D eigenvalue weighted by Crippen LogP contribution is -2.23. The number of rotatable bonds is 4. The van der Waals surface area contributed by atoms with E-state index in [1.807, 2.05) is 54.6 Å². The molecule has 0 saturated heterocycles. The molecule has 1 aromatic heterocycles. The van der Waals surface area contributed by atoms with Gasteiger partial charge in [0, 0.05) is 21.0 Å². The Bertz CT molecular complexity index is 1170. The maximum atomic E-state index is 13.5. The summed E-state index contributed by atoms with van der Waals surface area (Å²) < 4.78 is 14.7. The Balaban J connectivity index is 1.54. The highest BCUT2D eigenvalue weighted by molar-refractivity contribution is 14.1. The molecule has 28 heavy (non-hydrogen) atoms. The van der Waals surface area contributed by atoms with E-state index in [0.717, 1.165) is 31.2 Å². The number of amides is 1. The van der Waals surface area contributed by atoms with Gasteiger partial charge in [-0.05, 0) is 94.2 Å². The number of halogens is 2. The molecule has 0 unspecified atom stereocenters. The van der Waals surface area contributed by atoms with Crippen molar-refractivity contribution in [2.45, 2.75) is 13.5 Å². The molecular weight excluding hydrogens is 466 g/mol. The third-order valence-electron chi connectivity index (χ3n) is 4.72. The summed E-state index contributed by atoms with van der Waals surface area (Å²) in [7, 11) is 0. The number of hydrogen-bond acceptors (Lipinski definition) is 1. The zero-order chi connectivity index (χ0) is 19.7. The van der Waals surface area contributed by atoms with Crippen LogP contribution in [0.25, 0.3) is 22.0 Å². The van der Waals surface area contributed by atoms with Crippen LogP contribution in [0.15, 0.2) is 66.7 Å². The summed E-state index contributed by atoms with van der Waals surface area (Å²) in [4.78, 5) is 15.7. The summed E-state index contributed by atoms with van der Waals surface area (Å²) in [5.41, 5.74) is 5.02. The monoisotopic (exact) mass is 484 g/mol. The summed E-state index contributed by atoms with van der Waals surface area (Å²) in [6.07, 6.45) is 0. The Morgan fingerprint density at radius 3 is 2.46 bits per heavy atom. The van der Waals surface area contributed by atoms with Crippen LogP contribution in [0.4, 0.5) is 4.39 Å². The summed E-state index contributed by atoms with van der Waals surface area (Å²) in [5.74, 6) is -0.354. The average molecular weight is 484 g/mol. The predicted molar refractivity (Wildman–Crippen MR) is 119 cm³/mol. The lowest BCUT2D eigenvalue weighted by molar-refractivity contribution is 0.0946. The van der Waals surface area contributed by atoms with Gasteiger partial charge in [-0.3, -0.25) is 4.79 Å². The van der Waals surface area contributed by atoms with Gasteiger partial charge in [-0.15, -0.1) is 0 Å². The molecule has 0 aliphatic heterocycles. The van der Waals surface area contributed by atoms with Crippen molar-refractivity contribution < 1.29 is 9.18 Å². The van der Waals surface area contributed by atoms with Crippen LogP contribution in [-0.4, -0.2) is 10.9 Å². The molecule has 0 saturated carbocycles. The first-order valence-electron chi connectivity index (χ1n) is 8.91. The van der Waals surface area contributed by atoms with Crippen molar-refractivity contribution in [1.82, 2.24) is 10.3 Å². The largest absolute Gasteiger partial charge is 0.351 e. The van der Waals surface area contributed by atoms with Crippen molar-refractivity contribution in [1.29, 1.82) is 0 Å². The molecule has 5 heteroatoms. The van der Waals surface area contributed by atoms with Crippen molar-refractivity contribution in [3.05, 3.63) is 92.9 Å². The van der Waals surface area contributed by atoms with Crippen LogP contribution in [0, 0.1) is 16.3 Å². The predicted octanol–water partition coefficient (Wildman–Crippen LogP) is 5.82. The minimum Gasteiger partial charge on any atom is -0.351 e. The first kappa shape index (κ1) is 18.7. The molecule has 3 aromatic carbocycles. The first-order chi connectivity index (χ1) is 13.5. The minimum absolute atomic E-state index is 0.145. The molecule has 3 nitrogen and oxygen atoms in total. The van der Waals surface area contributed by atoms with Gasteiger partial charge in [0.1, 0.15) is 11.5 Å². The van der Waals surface area contributed by atoms with Crippen molar-refractivity contribution in [3.8, 4) is 11.1 Å². The number of carbonyl (C=O) groups excluding carboxylic acids is 1. The molecule has 0 radical (unpaired) electrons. The lowest BCUT2D eigenvalue weighted by Gasteiger charge is -2.04. The number of aromatic amines is 1. The highest BCUT2D eigenvalue weighted by atomic mass is 127. The zero-order valence-electron chi connectivity index (χ0n) is 15.2. The van der Waals surface area contributed by atoms with E-state index in [0.29, 0.717) is 17.8 Å². The van der Waals surface area contributed by atoms with E-state index in [-0.39, 0.29) is 11.7 Å². The van der Waals surface area contributed by atoms with E-state index in [1.165, 1.54) is 6.07 Å². The molecule has 0 fully saturated rings. The van der Waals surface area contributed by atoms with Gasteiger partial charge >= 0.3 is 0 Å². The normalized spacial score (nSPS) is 11.0. The van der Waals surface area contributed by atoms with E-state index in [4.69, 9.17) is 0 Å². The summed E-state index contributed by atoms with van der Waals surface area (Å²) in [5, 5.41) is 3.88. The SMILES string of the molecule is Cc1cc(-c2ccc3[nH]c(C(=O)NCc4ccc(I)cc4)cc3c2)ccc1F. The highest BCUT2D eigenvalue weighted by Crippen LogP contribution is 2.26. The third-order valence-corrected chi connectivity index (χ3v) is 5.44. The van der Waals surface area contributed by atoms with Crippen LogP contribution in [0.3, 0.4) is 0 Å². The molecule has 1 heterocycles. The van der Waals surface area contributed by atoms with E-state index in [2.05, 4.69) is 32.9 Å². The quantitative estimate of drug-likeness (QED) is 0.353. The Hall–Kier alpha value is -2.67. The Morgan fingerprint density at radius 1 is 1.00 bits per heavy atom. The lowest BCUT2D eigenvalue weighted by atomic mass is 10.0. The molecule has 0 bridgehead atoms. The number of nitrogens with one attached hydrogen (secondary N) is 2. The van der Waals surface area contributed by atoms with Gasteiger partial charge in [0.05, 0.1) is 0 Å². The third kappa shape index (κ3) is 3.94. The van der Waals surface area contributed by atoms with Crippen molar-refractivity contribution in [3.63, 3.8) is 0 Å². The van der Waals surface area contributed by atoms with Gasteiger partial charge in [-0.25, -0.2) is 4.39 Å². The number of benzene rings is 3. The van der Waals surface area contributed by atoms with Crippen LogP contribution in [-0.2, 0) is 6.54 Å². The van der Waals surface area contributed by atoms with E-state index < -0.39 is 0 Å². The maximum absolute atomic E-state index is 13.5. The van der Waals surface area contributed by atoms with Crippen LogP contribution in [0.1, 0.15) is 21.6 Å². The van der Waals surface area contributed by atoms with E-state index >= 15 is 0 Å². The molecule has 1 amide bonds. The Labute approximate surface area is 176 Å². The Morgan fingerprint density at radius 2 is 1.71 bits per heavy atom. The van der Waals surface area contributed by atoms with Crippen LogP contribution < -0.4 is 5.32 Å². The van der Waals surface area contributed by atoms with Gasteiger partial charge in [-0.2, -0.15) is 0 Å². The molecule has 0 aliphatic carbocycles. The van der Waals surface area contributed by atoms with Gasteiger partial charge in [-0.1, -0.05) is 24.3 Å². The highest BCUT2D eigenvalue weighted by Gasteiger charge is 2.10. The summed E-state index contributed by atoms with van der Waals surface area (Å²) in [6, 6.07) is 20.9. The second-order valence-electron chi connectivity index (χ2n) is 6.76. The van der Waals surface area contributed by atoms with E-state index in [9.17, 15) is 9.18 Å². The summed E-state index contributed by atoms with van der Waals surface area (Å²) >= 11 is 2.25. The van der Waals surface area contributed by atoms with Crippen LogP contribution in [0.5, 0.6) is 0 Å². The molecule has 0 aliphatic rings. The topological polar surface area (TPSA) is 44.9 Å². The number of fused-ring (bicyclic) bond motifs is 1. The first-order valence-corrected chi connectivity index (χ1v) is 9.99. The van der Waals surface area contributed by atoms with Gasteiger partial charge in [0.2, 0.25) is 0 Å². The number of hydrogen-bond donors (Lipinski definition) is 2. The second kappa shape index (κ2) is 7.75. The minimum atomic E-state index is -0.210. The number of carbonyl (C=O) groups is 1. The maximum Gasteiger partial charge on any atom is 0.267 e. The second-order valence-corrected chi connectivity index (χ2v) is 8.00. The molecule has 140 valence electrons. The number of aryl methyl sites for hydroxylation is 1. The molecule has 0 spiro atoms. The molecular formula is C23H18FIN2O. The number of aromatic nitrogens is 1. The molecule has 0 atom stereocenters. The summed E-state index contributed by atoms with van der Waals surface area (Å²) in [6.45, 7) is 2.23. The van der Waals surface area contributed by atoms with E-state index in [1.54, 1.807) is 13.0 Å². The standard InChI is InChI=1S/C23H18FIN2O/c1-14-10-16(4-8-20(14)24)17-5-9-21-18(11-17)12-22(27-21)23(28)26-13-15-2-6-19(25)7-3-15/h2-12,27H,13H2,1H3,(H,26,28). The molecule has 4 aromatic rings. The van der Waals surface area contributed by atoms with Crippen molar-refractivity contribution in [2.75, 3.05) is 0 Å². The van der Waals surface area contributed by atoms with Gasteiger partial charge in [0.15, 0.2) is 0 Å². The van der Waals surface area contributed by atoms with Crippen LogP contribution >= 0.6 is 22.6 Å². The van der Waals surface area contributed by atoms with Crippen LogP contribution in [0.2, 0.25) is 0 Å². The fourth-order valence-corrected chi connectivity index (χ4v) is 3.50. The van der Waals surface area contributed by atoms with Gasteiger partial charge in [0.25, 0.3) is 5.91 Å². The smallest absolute Gasteiger partial charge is 0.267 e. The molecule has 4 rings (SSSR count). The van der Waals surface area contributed by atoms with Gasteiger partial charge < -0.3 is 10.3 Å².